The SMILES string of the molecule is CNCC[C@@H](Oc1ccccc1CCN(C)C)c1ccsc1. The Bertz CT molecular complexity index is 540. The first kappa shape index (κ1) is 17.0. The molecule has 1 aromatic heterocycles. The van der Waals surface area contributed by atoms with Gasteiger partial charge in [-0.25, -0.2) is 0 Å². The Morgan fingerprint density at radius 2 is 2.05 bits per heavy atom. The zero-order valence-electron chi connectivity index (χ0n) is 13.7. The van der Waals surface area contributed by atoms with Crippen molar-refractivity contribution in [2.45, 2.75) is 18.9 Å². The standard InChI is InChI=1S/C18H26N2OS/c1-19-11-8-18(16-10-13-22-14-16)21-17-7-5-4-6-15(17)9-12-20(2)3/h4-7,10,13-14,18-19H,8-9,11-12H2,1-3H3/t18-/m1/s1. The molecule has 1 aromatic carbocycles. The highest BCUT2D eigenvalue weighted by atomic mass is 32.1. The number of nitrogens with one attached hydrogen (secondary N) is 1. The van der Waals surface area contributed by atoms with Gasteiger partial charge in [0.2, 0.25) is 0 Å². The van der Waals surface area contributed by atoms with Crippen LogP contribution in [0.2, 0.25) is 0 Å². The second-order valence-electron chi connectivity index (χ2n) is 5.72. The van der Waals surface area contributed by atoms with Crippen LogP contribution >= 0.6 is 11.3 Å². The number of likely N-dealkylation sites (N-methyl/N-ethyl adjacent to an activating group) is 1. The van der Waals surface area contributed by atoms with Crippen LogP contribution in [-0.2, 0) is 6.42 Å². The van der Waals surface area contributed by atoms with Crippen molar-refractivity contribution in [1.29, 1.82) is 0 Å². The van der Waals surface area contributed by atoms with Gasteiger partial charge >= 0.3 is 0 Å². The monoisotopic (exact) mass is 318 g/mol. The first-order valence-corrected chi connectivity index (χ1v) is 8.71. The van der Waals surface area contributed by atoms with E-state index < -0.39 is 0 Å². The molecule has 0 bridgehead atoms. The van der Waals surface area contributed by atoms with E-state index in [1.54, 1.807) is 11.3 Å². The molecular weight excluding hydrogens is 292 g/mol. The largest absolute Gasteiger partial charge is 0.485 e. The highest BCUT2D eigenvalue weighted by Gasteiger charge is 2.15. The summed E-state index contributed by atoms with van der Waals surface area (Å²) in [4.78, 5) is 2.20. The van der Waals surface area contributed by atoms with Crippen molar-refractivity contribution in [2.75, 3.05) is 34.2 Å². The predicted octanol–water partition coefficient (Wildman–Crippen LogP) is 3.58. The van der Waals surface area contributed by atoms with Crippen LogP contribution in [0.15, 0.2) is 41.1 Å². The summed E-state index contributed by atoms with van der Waals surface area (Å²) in [5, 5.41) is 7.51. The molecule has 120 valence electrons. The highest BCUT2D eigenvalue weighted by Crippen LogP contribution is 2.29. The number of para-hydroxylation sites is 1. The number of hydrogen-bond donors (Lipinski definition) is 1. The van der Waals surface area contributed by atoms with E-state index in [2.05, 4.69) is 65.4 Å². The van der Waals surface area contributed by atoms with Crippen molar-refractivity contribution in [1.82, 2.24) is 10.2 Å². The average Bonchev–Trinajstić information content (AvgIpc) is 3.04. The molecule has 0 unspecified atom stereocenters. The maximum Gasteiger partial charge on any atom is 0.126 e. The number of thiophene rings is 1. The average molecular weight is 318 g/mol. The fraction of sp³-hybridized carbons (Fsp3) is 0.444. The Balaban J connectivity index is 2.12. The van der Waals surface area contributed by atoms with Crippen molar-refractivity contribution in [3.05, 3.63) is 52.2 Å². The Hall–Kier alpha value is -1.36. The summed E-state index contributed by atoms with van der Waals surface area (Å²) >= 11 is 1.72. The molecule has 0 radical (unpaired) electrons. The lowest BCUT2D eigenvalue weighted by Gasteiger charge is -2.21. The van der Waals surface area contributed by atoms with Crippen LogP contribution in [0.25, 0.3) is 0 Å². The minimum absolute atomic E-state index is 0.110. The molecule has 0 saturated carbocycles. The van der Waals surface area contributed by atoms with E-state index in [1.165, 1.54) is 11.1 Å². The van der Waals surface area contributed by atoms with Crippen LogP contribution in [0.3, 0.4) is 0 Å². The minimum Gasteiger partial charge on any atom is -0.485 e. The van der Waals surface area contributed by atoms with Crippen molar-refractivity contribution in [2.24, 2.45) is 0 Å². The summed E-state index contributed by atoms with van der Waals surface area (Å²) < 4.78 is 6.37. The number of nitrogens with zero attached hydrogens (tertiary/aromatic N) is 1. The Morgan fingerprint density at radius 1 is 1.23 bits per heavy atom. The summed E-state index contributed by atoms with van der Waals surface area (Å²) in [5.41, 5.74) is 2.54. The van der Waals surface area contributed by atoms with Gasteiger partial charge in [-0.2, -0.15) is 11.3 Å². The molecule has 2 rings (SSSR count). The molecule has 0 amide bonds. The van der Waals surface area contributed by atoms with Gasteiger partial charge in [-0.3, -0.25) is 0 Å². The van der Waals surface area contributed by atoms with E-state index in [0.29, 0.717) is 0 Å². The van der Waals surface area contributed by atoms with Gasteiger partial charge in [0.05, 0.1) is 0 Å². The second kappa shape index (κ2) is 8.93. The van der Waals surface area contributed by atoms with E-state index in [-0.39, 0.29) is 6.10 Å². The lowest BCUT2D eigenvalue weighted by molar-refractivity contribution is 0.193. The molecule has 0 aliphatic rings. The molecule has 1 atom stereocenters. The topological polar surface area (TPSA) is 24.5 Å². The Labute approximate surface area is 137 Å². The van der Waals surface area contributed by atoms with E-state index in [0.717, 1.165) is 31.7 Å². The molecule has 1 N–H and O–H groups in total. The van der Waals surface area contributed by atoms with Crippen LogP contribution in [0.4, 0.5) is 0 Å². The number of hydrogen-bond acceptors (Lipinski definition) is 4. The number of benzene rings is 1. The van der Waals surface area contributed by atoms with Gasteiger partial charge in [0.1, 0.15) is 11.9 Å². The van der Waals surface area contributed by atoms with Gasteiger partial charge in [0.25, 0.3) is 0 Å². The zero-order valence-corrected chi connectivity index (χ0v) is 14.5. The van der Waals surface area contributed by atoms with Gasteiger partial charge < -0.3 is 15.0 Å². The first-order valence-electron chi connectivity index (χ1n) is 7.76. The molecule has 0 saturated heterocycles. The van der Waals surface area contributed by atoms with Crippen molar-refractivity contribution in [3.8, 4) is 5.75 Å². The van der Waals surface area contributed by atoms with E-state index in [1.807, 2.05) is 7.05 Å². The van der Waals surface area contributed by atoms with Crippen LogP contribution < -0.4 is 10.1 Å². The summed E-state index contributed by atoms with van der Waals surface area (Å²) in [7, 11) is 6.19. The molecule has 22 heavy (non-hydrogen) atoms. The van der Waals surface area contributed by atoms with Crippen LogP contribution in [-0.4, -0.2) is 39.1 Å². The fourth-order valence-electron chi connectivity index (χ4n) is 2.35. The van der Waals surface area contributed by atoms with Crippen molar-refractivity contribution < 1.29 is 4.74 Å². The normalized spacial score (nSPS) is 12.5. The van der Waals surface area contributed by atoms with Crippen LogP contribution in [0, 0.1) is 0 Å². The molecule has 2 aromatic rings. The van der Waals surface area contributed by atoms with Gasteiger partial charge in [-0.1, -0.05) is 18.2 Å². The quantitative estimate of drug-likeness (QED) is 0.765. The van der Waals surface area contributed by atoms with Crippen molar-refractivity contribution in [3.63, 3.8) is 0 Å². The molecule has 0 aliphatic heterocycles. The molecule has 0 aliphatic carbocycles. The zero-order chi connectivity index (χ0) is 15.8. The molecular formula is C18H26N2OS. The molecule has 0 fully saturated rings. The smallest absolute Gasteiger partial charge is 0.126 e. The number of rotatable bonds is 9. The molecule has 3 nitrogen and oxygen atoms in total. The lowest BCUT2D eigenvalue weighted by Crippen LogP contribution is -2.18. The first-order chi connectivity index (χ1) is 10.7. The van der Waals surface area contributed by atoms with Gasteiger partial charge in [0, 0.05) is 18.5 Å². The third kappa shape index (κ3) is 5.13. The minimum atomic E-state index is 0.110. The summed E-state index contributed by atoms with van der Waals surface area (Å²) in [6.07, 6.45) is 2.08. The lowest BCUT2D eigenvalue weighted by atomic mass is 10.1. The molecule has 1 heterocycles. The number of ether oxygens (including phenoxy) is 1. The second-order valence-corrected chi connectivity index (χ2v) is 6.50. The Morgan fingerprint density at radius 3 is 2.73 bits per heavy atom. The summed E-state index contributed by atoms with van der Waals surface area (Å²) in [5.74, 6) is 1.01. The fourth-order valence-corrected chi connectivity index (χ4v) is 3.05. The Kier molecular flexibility index (Phi) is 6.90. The van der Waals surface area contributed by atoms with Gasteiger partial charge in [0.15, 0.2) is 0 Å². The third-order valence-electron chi connectivity index (χ3n) is 3.64. The van der Waals surface area contributed by atoms with Gasteiger partial charge in [-0.15, -0.1) is 0 Å². The maximum atomic E-state index is 6.37. The molecule has 0 spiro atoms. The predicted molar refractivity (Wildman–Crippen MR) is 94.9 cm³/mol. The van der Waals surface area contributed by atoms with E-state index >= 15 is 0 Å². The van der Waals surface area contributed by atoms with Crippen LogP contribution in [0.1, 0.15) is 23.7 Å². The summed E-state index contributed by atoms with van der Waals surface area (Å²) in [6, 6.07) is 10.6. The molecule has 4 heteroatoms. The summed E-state index contributed by atoms with van der Waals surface area (Å²) in [6.45, 7) is 1.97. The van der Waals surface area contributed by atoms with Crippen molar-refractivity contribution >= 4 is 11.3 Å². The van der Waals surface area contributed by atoms with Crippen LogP contribution in [0.5, 0.6) is 5.75 Å². The highest BCUT2D eigenvalue weighted by molar-refractivity contribution is 7.07. The van der Waals surface area contributed by atoms with E-state index in [9.17, 15) is 0 Å². The van der Waals surface area contributed by atoms with E-state index in [4.69, 9.17) is 4.74 Å². The van der Waals surface area contributed by atoms with Gasteiger partial charge in [-0.05, 0) is 62.6 Å². The third-order valence-corrected chi connectivity index (χ3v) is 4.34. The maximum absolute atomic E-state index is 6.37.